The van der Waals surface area contributed by atoms with E-state index in [-0.39, 0.29) is 34.7 Å². The van der Waals surface area contributed by atoms with E-state index >= 15 is 0 Å². The molecule has 0 aliphatic carbocycles. The van der Waals surface area contributed by atoms with Crippen LogP contribution in [0.25, 0.3) is 11.4 Å². The van der Waals surface area contributed by atoms with Crippen molar-refractivity contribution in [2.75, 3.05) is 25.5 Å². The fraction of sp³-hybridized carbons (Fsp3) is 0.318. The highest BCUT2D eigenvalue weighted by Crippen LogP contribution is 2.32. The lowest BCUT2D eigenvalue weighted by Crippen LogP contribution is -2.43. The molecule has 2 heterocycles. The number of benzene rings is 2. The van der Waals surface area contributed by atoms with Crippen LogP contribution in [0.15, 0.2) is 45.8 Å². The molecular weight excluding hydrogens is 503 g/mol. The molecule has 1 fully saturated rings. The third-order valence-electron chi connectivity index (χ3n) is 5.51. The normalized spacial score (nSPS) is 16.9. The van der Waals surface area contributed by atoms with Crippen LogP contribution in [0.3, 0.4) is 0 Å². The van der Waals surface area contributed by atoms with Crippen LogP contribution in [0, 0.1) is 12.8 Å². The number of nitrogens with zero attached hydrogens (tertiary/aromatic N) is 3. The number of piperidine rings is 1. The molecule has 0 spiro atoms. The Morgan fingerprint density at radius 2 is 2.00 bits per heavy atom. The summed E-state index contributed by atoms with van der Waals surface area (Å²) in [7, 11) is -2.47. The summed E-state index contributed by atoms with van der Waals surface area (Å²) >= 11 is 12.4. The molecule has 1 aliphatic rings. The maximum Gasteiger partial charge on any atom is 0.244 e. The number of anilines is 1. The number of nitrogens with one attached hydrogen (secondary N) is 1. The number of hydrogen-bond donors (Lipinski definition) is 1. The Morgan fingerprint density at radius 3 is 2.68 bits per heavy atom. The Bertz CT molecular complexity index is 1330. The molecule has 1 aliphatic heterocycles. The predicted molar refractivity (Wildman–Crippen MR) is 128 cm³/mol. The van der Waals surface area contributed by atoms with Crippen molar-refractivity contribution in [2.45, 2.75) is 24.7 Å². The minimum atomic E-state index is -3.97. The lowest BCUT2D eigenvalue weighted by molar-refractivity contribution is -0.120. The Kier molecular flexibility index (Phi) is 7.13. The van der Waals surface area contributed by atoms with Gasteiger partial charge in [0.15, 0.2) is 0 Å². The first-order valence-corrected chi connectivity index (χ1v) is 12.6. The standard InChI is InChI=1S/C22H22Cl2N4O5S/c1-13-25-21(27-33-13)14-5-7-17(23)20(10-14)34(30,31)28-9-3-4-15(12-28)22(29)26-16-6-8-19(32-2)18(24)11-16/h5-8,10-11,15H,3-4,9,12H2,1-2H3,(H,26,29)/t15-/m0/s1. The van der Waals surface area contributed by atoms with Gasteiger partial charge in [-0.1, -0.05) is 28.4 Å². The van der Waals surface area contributed by atoms with Crippen molar-refractivity contribution in [1.82, 2.24) is 14.4 Å². The minimum Gasteiger partial charge on any atom is -0.495 e. The van der Waals surface area contributed by atoms with Crippen molar-refractivity contribution in [3.63, 3.8) is 0 Å². The highest BCUT2D eigenvalue weighted by atomic mass is 35.5. The average molecular weight is 525 g/mol. The van der Waals surface area contributed by atoms with Crippen LogP contribution in [-0.4, -0.2) is 49.0 Å². The Labute approximate surface area is 207 Å². The van der Waals surface area contributed by atoms with Crippen LogP contribution in [0.1, 0.15) is 18.7 Å². The number of ether oxygens (including phenoxy) is 1. The number of carbonyl (C=O) groups is 1. The van der Waals surface area contributed by atoms with E-state index < -0.39 is 15.9 Å². The molecule has 34 heavy (non-hydrogen) atoms. The fourth-order valence-electron chi connectivity index (χ4n) is 3.76. The highest BCUT2D eigenvalue weighted by Gasteiger charge is 2.34. The van der Waals surface area contributed by atoms with Crippen LogP contribution in [0.5, 0.6) is 5.75 Å². The predicted octanol–water partition coefficient (Wildman–Crippen LogP) is 4.40. The van der Waals surface area contributed by atoms with Gasteiger partial charge in [-0.25, -0.2) is 8.42 Å². The molecule has 3 aromatic rings. The molecule has 0 saturated carbocycles. The molecule has 1 saturated heterocycles. The second-order valence-corrected chi connectivity index (χ2v) is 10.5. The molecule has 1 amide bonds. The summed E-state index contributed by atoms with van der Waals surface area (Å²) in [6, 6.07) is 9.43. The second kappa shape index (κ2) is 9.91. The monoisotopic (exact) mass is 524 g/mol. The summed E-state index contributed by atoms with van der Waals surface area (Å²) in [5.74, 6) is 0.288. The smallest absolute Gasteiger partial charge is 0.244 e. The molecule has 2 aromatic carbocycles. The molecule has 1 atom stereocenters. The van der Waals surface area contributed by atoms with E-state index in [1.165, 1.54) is 23.5 Å². The molecule has 180 valence electrons. The van der Waals surface area contributed by atoms with Gasteiger partial charge < -0.3 is 14.6 Å². The molecule has 4 rings (SSSR count). The van der Waals surface area contributed by atoms with Crippen LogP contribution in [0.2, 0.25) is 10.0 Å². The van der Waals surface area contributed by atoms with Crippen molar-refractivity contribution in [1.29, 1.82) is 0 Å². The third kappa shape index (κ3) is 5.05. The van der Waals surface area contributed by atoms with Gasteiger partial charge in [-0.3, -0.25) is 4.79 Å². The van der Waals surface area contributed by atoms with E-state index in [1.54, 1.807) is 31.2 Å². The van der Waals surface area contributed by atoms with E-state index in [2.05, 4.69) is 15.5 Å². The fourth-order valence-corrected chi connectivity index (χ4v) is 6.04. The number of hydrogen-bond acceptors (Lipinski definition) is 7. The van der Waals surface area contributed by atoms with Crippen LogP contribution in [0.4, 0.5) is 5.69 Å². The number of carbonyl (C=O) groups excluding carboxylic acids is 1. The molecule has 0 bridgehead atoms. The van der Waals surface area contributed by atoms with Crippen molar-refractivity contribution in [3.05, 3.63) is 52.3 Å². The lowest BCUT2D eigenvalue weighted by atomic mass is 9.98. The molecule has 1 N–H and O–H groups in total. The number of amides is 1. The van der Waals surface area contributed by atoms with E-state index in [1.807, 2.05) is 0 Å². The number of methoxy groups -OCH3 is 1. The van der Waals surface area contributed by atoms with Gasteiger partial charge in [-0.15, -0.1) is 0 Å². The van der Waals surface area contributed by atoms with Gasteiger partial charge >= 0.3 is 0 Å². The molecule has 0 unspecified atom stereocenters. The molecular formula is C22H22Cl2N4O5S. The van der Waals surface area contributed by atoms with Gasteiger partial charge in [0, 0.05) is 31.3 Å². The zero-order chi connectivity index (χ0) is 24.5. The van der Waals surface area contributed by atoms with E-state index in [0.29, 0.717) is 40.8 Å². The van der Waals surface area contributed by atoms with Crippen LogP contribution < -0.4 is 10.1 Å². The number of rotatable bonds is 6. The zero-order valence-electron chi connectivity index (χ0n) is 18.4. The Morgan fingerprint density at radius 1 is 1.21 bits per heavy atom. The maximum absolute atomic E-state index is 13.5. The van der Waals surface area contributed by atoms with Gasteiger partial charge in [-0.05, 0) is 49.2 Å². The zero-order valence-corrected chi connectivity index (χ0v) is 20.7. The van der Waals surface area contributed by atoms with E-state index in [4.69, 9.17) is 32.5 Å². The molecule has 12 heteroatoms. The first kappa shape index (κ1) is 24.5. The number of aromatic nitrogens is 2. The minimum absolute atomic E-state index is 0.0277. The van der Waals surface area contributed by atoms with Crippen LogP contribution >= 0.6 is 23.2 Å². The second-order valence-electron chi connectivity index (χ2n) is 7.82. The van der Waals surface area contributed by atoms with Gasteiger partial charge in [0.05, 0.1) is 23.1 Å². The summed E-state index contributed by atoms with van der Waals surface area (Å²) in [6.45, 7) is 1.95. The maximum atomic E-state index is 13.5. The highest BCUT2D eigenvalue weighted by molar-refractivity contribution is 7.89. The summed E-state index contributed by atoms with van der Waals surface area (Å²) in [5, 5.41) is 7.08. The van der Waals surface area contributed by atoms with Crippen LogP contribution in [-0.2, 0) is 14.8 Å². The van der Waals surface area contributed by atoms with Crippen molar-refractivity contribution >= 4 is 44.8 Å². The number of aryl methyl sites for hydroxylation is 1. The first-order valence-electron chi connectivity index (χ1n) is 10.4. The van der Waals surface area contributed by atoms with Crippen molar-refractivity contribution in [3.8, 4) is 17.1 Å². The summed E-state index contributed by atoms with van der Waals surface area (Å²) in [5.41, 5.74) is 0.962. The van der Waals surface area contributed by atoms with E-state index in [0.717, 1.165) is 0 Å². The largest absolute Gasteiger partial charge is 0.495 e. The summed E-state index contributed by atoms with van der Waals surface area (Å²) in [4.78, 5) is 17.0. The Hall–Kier alpha value is -2.66. The summed E-state index contributed by atoms with van der Waals surface area (Å²) < 4.78 is 38.3. The van der Waals surface area contributed by atoms with E-state index in [9.17, 15) is 13.2 Å². The SMILES string of the molecule is COc1ccc(NC(=O)[C@H]2CCCN(S(=O)(=O)c3cc(-c4noc(C)n4)ccc3Cl)C2)cc1Cl. The lowest BCUT2D eigenvalue weighted by Gasteiger charge is -2.31. The van der Waals surface area contributed by atoms with Gasteiger partial charge in [0.2, 0.25) is 27.6 Å². The molecule has 1 aromatic heterocycles. The Balaban J connectivity index is 1.53. The molecule has 9 nitrogen and oxygen atoms in total. The van der Waals surface area contributed by atoms with Crippen molar-refractivity contribution < 1.29 is 22.5 Å². The first-order chi connectivity index (χ1) is 16.2. The summed E-state index contributed by atoms with van der Waals surface area (Å²) in [6.07, 6.45) is 1.08. The van der Waals surface area contributed by atoms with Gasteiger partial charge in [0.25, 0.3) is 0 Å². The number of sulfonamides is 1. The quantitative estimate of drug-likeness (QED) is 0.507. The van der Waals surface area contributed by atoms with Gasteiger partial charge in [-0.2, -0.15) is 9.29 Å². The number of halogens is 2. The molecule has 0 radical (unpaired) electrons. The van der Waals surface area contributed by atoms with Crippen molar-refractivity contribution in [2.24, 2.45) is 5.92 Å². The topological polar surface area (TPSA) is 115 Å². The third-order valence-corrected chi connectivity index (χ3v) is 8.15. The average Bonchev–Trinajstić information content (AvgIpc) is 3.25. The van der Waals surface area contributed by atoms with Gasteiger partial charge in [0.1, 0.15) is 10.6 Å².